The van der Waals surface area contributed by atoms with Crippen LogP contribution in [0.5, 0.6) is 0 Å². The zero-order valence-electron chi connectivity index (χ0n) is 14.1. The molecule has 1 aromatic rings. The van der Waals surface area contributed by atoms with E-state index in [1.807, 2.05) is 49.4 Å². The van der Waals surface area contributed by atoms with Crippen molar-refractivity contribution in [1.29, 1.82) is 0 Å². The molecule has 0 saturated carbocycles. The fourth-order valence-electron chi connectivity index (χ4n) is 2.66. The second-order valence-corrected chi connectivity index (χ2v) is 5.86. The van der Waals surface area contributed by atoms with E-state index in [9.17, 15) is 9.59 Å². The van der Waals surface area contributed by atoms with Gasteiger partial charge >= 0.3 is 0 Å². The van der Waals surface area contributed by atoms with Crippen molar-refractivity contribution >= 4 is 17.5 Å². The van der Waals surface area contributed by atoms with E-state index in [1.165, 1.54) is 0 Å². The van der Waals surface area contributed by atoms with Crippen LogP contribution in [0.15, 0.2) is 54.6 Å². The largest absolute Gasteiger partial charge is 0.350 e. The lowest BCUT2D eigenvalue weighted by Gasteiger charge is -2.31. The smallest absolute Gasteiger partial charge is 0.244 e. The minimum Gasteiger partial charge on any atom is -0.350 e. The molecule has 1 aromatic carbocycles. The highest BCUT2D eigenvalue weighted by molar-refractivity contribution is 5.92. The first-order valence-corrected chi connectivity index (χ1v) is 8.34. The highest BCUT2D eigenvalue weighted by Gasteiger charge is 2.21. The molecule has 0 aromatic heterocycles. The summed E-state index contributed by atoms with van der Waals surface area (Å²) in [6.45, 7) is 3.92. The van der Waals surface area contributed by atoms with Gasteiger partial charge in [0.05, 0.1) is 6.54 Å². The van der Waals surface area contributed by atoms with Crippen LogP contribution in [0, 0.1) is 0 Å². The topological polar surface area (TPSA) is 61.4 Å². The maximum absolute atomic E-state index is 12.0. The Morgan fingerprint density at radius 1 is 1.17 bits per heavy atom. The number of rotatable bonds is 6. The zero-order valence-corrected chi connectivity index (χ0v) is 14.1. The predicted molar refractivity (Wildman–Crippen MR) is 96.6 cm³/mol. The van der Waals surface area contributed by atoms with Crippen molar-refractivity contribution in [3.63, 3.8) is 0 Å². The third-order valence-corrected chi connectivity index (χ3v) is 3.91. The van der Waals surface area contributed by atoms with Crippen molar-refractivity contribution < 1.29 is 9.59 Å². The molecular formula is C19H25N3O2. The number of carbonyl (C=O) groups is 2. The molecule has 1 aliphatic rings. The van der Waals surface area contributed by atoms with Crippen molar-refractivity contribution in [3.05, 3.63) is 54.6 Å². The van der Waals surface area contributed by atoms with Gasteiger partial charge in [0.2, 0.25) is 11.8 Å². The van der Waals surface area contributed by atoms with Crippen LogP contribution in [0.4, 0.5) is 5.69 Å². The van der Waals surface area contributed by atoms with E-state index in [0.29, 0.717) is 6.54 Å². The number of anilines is 1. The van der Waals surface area contributed by atoms with Crippen LogP contribution < -0.4 is 10.6 Å². The number of carbonyl (C=O) groups excluding carboxylic acids is 2. The van der Waals surface area contributed by atoms with E-state index in [-0.39, 0.29) is 17.9 Å². The Morgan fingerprint density at radius 2 is 1.88 bits per heavy atom. The second-order valence-electron chi connectivity index (χ2n) is 5.86. The molecule has 0 spiro atoms. The summed E-state index contributed by atoms with van der Waals surface area (Å²) in [6.07, 6.45) is 8.71. The summed E-state index contributed by atoms with van der Waals surface area (Å²) in [5, 5.41) is 5.90. The van der Waals surface area contributed by atoms with Gasteiger partial charge in [-0.05, 0) is 31.9 Å². The molecule has 5 heteroatoms. The standard InChI is InChI=1S/C19H25N3O2/c1-2-3-5-10-18(23)20-17-11-13-22(14-12-17)15-19(24)21-16-8-6-4-7-9-16/h2-10,17H,11-15H2,1H3,(H,20,23)(H,21,24)/b3-2+,10-5+. The van der Waals surface area contributed by atoms with Crippen LogP contribution in [0.25, 0.3) is 0 Å². The lowest BCUT2D eigenvalue weighted by Crippen LogP contribution is -2.46. The molecule has 24 heavy (non-hydrogen) atoms. The van der Waals surface area contributed by atoms with Gasteiger partial charge in [-0.25, -0.2) is 0 Å². The summed E-state index contributed by atoms with van der Waals surface area (Å²) in [4.78, 5) is 25.9. The first-order valence-electron chi connectivity index (χ1n) is 8.34. The summed E-state index contributed by atoms with van der Waals surface area (Å²) in [6, 6.07) is 9.65. The number of amides is 2. The Balaban J connectivity index is 1.69. The molecule has 5 nitrogen and oxygen atoms in total. The lowest BCUT2D eigenvalue weighted by molar-refractivity contribution is -0.119. The molecule has 2 amide bonds. The number of para-hydroxylation sites is 1. The fourth-order valence-corrected chi connectivity index (χ4v) is 2.66. The fraction of sp³-hybridized carbons (Fsp3) is 0.368. The first kappa shape index (κ1) is 17.9. The van der Waals surface area contributed by atoms with E-state index in [0.717, 1.165) is 31.6 Å². The molecule has 1 heterocycles. The van der Waals surface area contributed by atoms with E-state index in [1.54, 1.807) is 12.2 Å². The number of nitrogens with zero attached hydrogens (tertiary/aromatic N) is 1. The highest BCUT2D eigenvalue weighted by Crippen LogP contribution is 2.11. The monoisotopic (exact) mass is 327 g/mol. The number of hydrogen-bond acceptors (Lipinski definition) is 3. The van der Waals surface area contributed by atoms with Crippen molar-refractivity contribution in [2.45, 2.75) is 25.8 Å². The van der Waals surface area contributed by atoms with E-state index in [4.69, 9.17) is 0 Å². The minimum atomic E-state index is -0.0617. The average Bonchev–Trinajstić information content (AvgIpc) is 2.58. The van der Waals surface area contributed by atoms with Gasteiger partial charge < -0.3 is 10.6 Å². The normalized spacial score (nSPS) is 16.5. The van der Waals surface area contributed by atoms with E-state index < -0.39 is 0 Å². The number of hydrogen-bond donors (Lipinski definition) is 2. The van der Waals surface area contributed by atoms with Gasteiger partial charge in [0.25, 0.3) is 0 Å². The van der Waals surface area contributed by atoms with Gasteiger partial charge in [0, 0.05) is 30.9 Å². The summed E-state index contributed by atoms with van der Waals surface area (Å²) in [5.41, 5.74) is 0.817. The molecular weight excluding hydrogens is 302 g/mol. The molecule has 0 unspecified atom stereocenters. The highest BCUT2D eigenvalue weighted by atomic mass is 16.2. The summed E-state index contributed by atoms with van der Waals surface area (Å²) in [5.74, 6) is -0.0636. The molecule has 128 valence electrons. The molecule has 0 bridgehead atoms. The second kappa shape index (κ2) is 9.67. The van der Waals surface area contributed by atoms with Gasteiger partial charge in [-0.3, -0.25) is 14.5 Å². The number of likely N-dealkylation sites (tertiary alicyclic amines) is 1. The summed E-state index contributed by atoms with van der Waals surface area (Å²) >= 11 is 0. The molecule has 0 radical (unpaired) electrons. The predicted octanol–water partition coefficient (Wildman–Crippen LogP) is 2.34. The van der Waals surface area contributed by atoms with Crippen LogP contribution in [-0.4, -0.2) is 42.4 Å². The van der Waals surface area contributed by atoms with E-state index >= 15 is 0 Å². The lowest BCUT2D eigenvalue weighted by atomic mass is 10.0. The Hall–Kier alpha value is -2.40. The number of allylic oxidation sites excluding steroid dienone is 3. The van der Waals surface area contributed by atoms with Gasteiger partial charge in [0.1, 0.15) is 0 Å². The number of piperidine rings is 1. The van der Waals surface area contributed by atoms with Crippen LogP contribution >= 0.6 is 0 Å². The Morgan fingerprint density at radius 3 is 2.54 bits per heavy atom. The molecule has 0 atom stereocenters. The Kier molecular flexibility index (Phi) is 7.23. The summed E-state index contributed by atoms with van der Waals surface area (Å²) < 4.78 is 0. The van der Waals surface area contributed by atoms with Crippen LogP contribution in [0.3, 0.4) is 0 Å². The molecule has 2 N–H and O–H groups in total. The number of nitrogens with one attached hydrogen (secondary N) is 2. The van der Waals surface area contributed by atoms with Gasteiger partial charge in [-0.2, -0.15) is 0 Å². The molecule has 1 saturated heterocycles. The van der Waals surface area contributed by atoms with Crippen molar-refractivity contribution in [2.24, 2.45) is 0 Å². The quantitative estimate of drug-likeness (QED) is 0.623. The van der Waals surface area contributed by atoms with Gasteiger partial charge in [-0.15, -0.1) is 0 Å². The maximum Gasteiger partial charge on any atom is 0.244 e. The zero-order chi connectivity index (χ0) is 17.2. The Bertz CT molecular complexity index is 588. The minimum absolute atomic E-state index is 0.00188. The van der Waals surface area contributed by atoms with E-state index in [2.05, 4.69) is 15.5 Å². The van der Waals surface area contributed by atoms with Crippen molar-refractivity contribution in [2.75, 3.05) is 25.0 Å². The molecule has 1 fully saturated rings. The van der Waals surface area contributed by atoms with Crippen LogP contribution in [0.1, 0.15) is 19.8 Å². The van der Waals surface area contributed by atoms with Crippen LogP contribution in [0.2, 0.25) is 0 Å². The Labute approximate surface area is 143 Å². The number of benzene rings is 1. The SMILES string of the molecule is C/C=C/C=C/C(=O)NC1CCN(CC(=O)Nc2ccccc2)CC1. The average molecular weight is 327 g/mol. The third-order valence-electron chi connectivity index (χ3n) is 3.91. The third kappa shape index (κ3) is 6.38. The van der Waals surface area contributed by atoms with Gasteiger partial charge in [-0.1, -0.05) is 36.4 Å². The van der Waals surface area contributed by atoms with Gasteiger partial charge in [0.15, 0.2) is 0 Å². The first-order chi connectivity index (χ1) is 11.7. The van der Waals surface area contributed by atoms with Crippen molar-refractivity contribution in [1.82, 2.24) is 10.2 Å². The molecule has 1 aliphatic heterocycles. The maximum atomic E-state index is 12.0. The van der Waals surface area contributed by atoms with Crippen molar-refractivity contribution in [3.8, 4) is 0 Å². The summed E-state index contributed by atoms with van der Waals surface area (Å²) in [7, 11) is 0. The molecule has 2 rings (SSSR count). The van der Waals surface area contributed by atoms with Crippen LogP contribution in [-0.2, 0) is 9.59 Å². The molecule has 0 aliphatic carbocycles.